The summed E-state index contributed by atoms with van der Waals surface area (Å²) in [6.07, 6.45) is 0. The maximum atomic E-state index is 5.89. The van der Waals surface area contributed by atoms with Gasteiger partial charge in [0.1, 0.15) is 5.60 Å². The fourth-order valence-corrected chi connectivity index (χ4v) is 1.62. The van der Waals surface area contributed by atoms with Gasteiger partial charge in [0.2, 0.25) is 5.88 Å². The third-order valence-electron chi connectivity index (χ3n) is 2.42. The molecule has 0 bridgehead atoms. The minimum absolute atomic E-state index is 0.0275. The van der Waals surface area contributed by atoms with Gasteiger partial charge >= 0.3 is 0 Å². The molecule has 0 radical (unpaired) electrons. The molecule has 102 valence electrons. The normalized spacial score (nSPS) is 12.6. The number of pyridine rings is 1. The Morgan fingerprint density at radius 2 is 1.72 bits per heavy atom. The SMILES string of the molecule is CNCc1cc(OC(C)(C)C)nc(C(C)(C)C)c1. The molecule has 0 aliphatic heterocycles. The minimum atomic E-state index is -0.222. The molecular formula is C15H26N2O. The highest BCUT2D eigenvalue weighted by Gasteiger charge is 2.19. The number of aromatic nitrogens is 1. The second kappa shape index (κ2) is 5.27. The van der Waals surface area contributed by atoms with E-state index in [1.807, 2.05) is 33.9 Å². The van der Waals surface area contributed by atoms with Crippen LogP contribution in [0.1, 0.15) is 52.8 Å². The smallest absolute Gasteiger partial charge is 0.214 e. The number of hydrogen-bond donors (Lipinski definition) is 1. The Kier molecular flexibility index (Phi) is 4.38. The molecule has 1 aromatic rings. The van der Waals surface area contributed by atoms with Gasteiger partial charge in [0.05, 0.1) is 5.69 Å². The summed E-state index contributed by atoms with van der Waals surface area (Å²) >= 11 is 0. The summed E-state index contributed by atoms with van der Waals surface area (Å²) < 4.78 is 5.89. The van der Waals surface area contributed by atoms with Crippen molar-refractivity contribution >= 4 is 0 Å². The molecule has 18 heavy (non-hydrogen) atoms. The number of rotatable bonds is 3. The van der Waals surface area contributed by atoms with E-state index in [2.05, 4.69) is 37.1 Å². The Bertz CT molecular complexity index is 400. The molecule has 1 aromatic heterocycles. The fraction of sp³-hybridized carbons (Fsp3) is 0.667. The first-order valence-corrected chi connectivity index (χ1v) is 6.47. The summed E-state index contributed by atoms with van der Waals surface area (Å²) in [5.41, 5.74) is 2.08. The van der Waals surface area contributed by atoms with E-state index >= 15 is 0 Å². The van der Waals surface area contributed by atoms with Gasteiger partial charge in [0, 0.05) is 18.0 Å². The van der Waals surface area contributed by atoms with Crippen molar-refractivity contribution in [3.05, 3.63) is 23.4 Å². The van der Waals surface area contributed by atoms with Gasteiger partial charge in [-0.2, -0.15) is 0 Å². The van der Waals surface area contributed by atoms with Crippen LogP contribution in [0.3, 0.4) is 0 Å². The third-order valence-corrected chi connectivity index (χ3v) is 2.42. The molecule has 0 saturated heterocycles. The van der Waals surface area contributed by atoms with E-state index < -0.39 is 0 Å². The van der Waals surface area contributed by atoms with E-state index in [1.54, 1.807) is 0 Å². The summed E-state index contributed by atoms with van der Waals surface area (Å²) in [4.78, 5) is 4.62. The molecule has 0 aromatic carbocycles. The number of nitrogens with one attached hydrogen (secondary N) is 1. The molecule has 0 atom stereocenters. The van der Waals surface area contributed by atoms with E-state index in [0.717, 1.165) is 12.2 Å². The van der Waals surface area contributed by atoms with E-state index in [9.17, 15) is 0 Å². The van der Waals surface area contributed by atoms with E-state index in [-0.39, 0.29) is 11.0 Å². The van der Waals surface area contributed by atoms with Crippen LogP contribution in [-0.4, -0.2) is 17.6 Å². The zero-order valence-electron chi connectivity index (χ0n) is 12.7. The maximum absolute atomic E-state index is 5.89. The molecule has 1 N–H and O–H groups in total. The average Bonchev–Trinajstić information content (AvgIpc) is 2.13. The molecule has 1 heterocycles. The molecule has 0 amide bonds. The Hall–Kier alpha value is -1.09. The average molecular weight is 250 g/mol. The molecule has 1 rings (SSSR count). The first-order chi connectivity index (χ1) is 8.12. The molecule has 0 spiro atoms. The van der Waals surface area contributed by atoms with Crippen LogP contribution in [0.5, 0.6) is 5.88 Å². The van der Waals surface area contributed by atoms with Gasteiger partial charge in [0.25, 0.3) is 0 Å². The molecule has 0 aliphatic rings. The number of nitrogens with zero attached hydrogens (tertiary/aromatic N) is 1. The highest BCUT2D eigenvalue weighted by Crippen LogP contribution is 2.25. The standard InChI is InChI=1S/C15H26N2O/c1-14(2,3)12-8-11(10-16-7)9-13(17-12)18-15(4,5)6/h8-9,16H,10H2,1-7H3. The molecule has 0 fully saturated rings. The predicted octanol–water partition coefficient (Wildman–Crippen LogP) is 3.28. The number of ether oxygens (including phenoxy) is 1. The number of hydrogen-bond acceptors (Lipinski definition) is 3. The van der Waals surface area contributed by atoms with Crippen LogP contribution < -0.4 is 10.1 Å². The van der Waals surface area contributed by atoms with Crippen LogP contribution in [0.25, 0.3) is 0 Å². The van der Waals surface area contributed by atoms with Gasteiger partial charge < -0.3 is 10.1 Å². The van der Waals surface area contributed by atoms with E-state index in [0.29, 0.717) is 5.88 Å². The maximum Gasteiger partial charge on any atom is 0.214 e. The van der Waals surface area contributed by atoms with E-state index in [1.165, 1.54) is 5.56 Å². The largest absolute Gasteiger partial charge is 0.472 e. The fourth-order valence-electron chi connectivity index (χ4n) is 1.62. The van der Waals surface area contributed by atoms with Crippen LogP contribution in [0.15, 0.2) is 12.1 Å². The van der Waals surface area contributed by atoms with E-state index in [4.69, 9.17) is 4.74 Å². The lowest BCUT2D eigenvalue weighted by molar-refractivity contribution is 0.123. The predicted molar refractivity (Wildman–Crippen MR) is 76.1 cm³/mol. The quantitative estimate of drug-likeness (QED) is 0.894. The lowest BCUT2D eigenvalue weighted by Crippen LogP contribution is -2.25. The molecule has 3 heteroatoms. The Balaban J connectivity index is 3.14. The second-order valence-electron chi connectivity index (χ2n) is 6.69. The van der Waals surface area contributed by atoms with Crippen LogP contribution >= 0.6 is 0 Å². The van der Waals surface area contributed by atoms with Gasteiger partial charge in [-0.05, 0) is 39.4 Å². The van der Waals surface area contributed by atoms with Crippen molar-refractivity contribution in [2.24, 2.45) is 0 Å². The molecule has 0 saturated carbocycles. The molecule has 0 unspecified atom stereocenters. The second-order valence-corrected chi connectivity index (χ2v) is 6.69. The molecule has 0 aliphatic carbocycles. The lowest BCUT2D eigenvalue weighted by Gasteiger charge is -2.24. The van der Waals surface area contributed by atoms with Crippen molar-refractivity contribution in [3.63, 3.8) is 0 Å². The van der Waals surface area contributed by atoms with Gasteiger partial charge in [-0.25, -0.2) is 4.98 Å². The van der Waals surface area contributed by atoms with Crippen LogP contribution in [0.2, 0.25) is 0 Å². The summed E-state index contributed by atoms with van der Waals surface area (Å²) in [7, 11) is 1.95. The highest BCUT2D eigenvalue weighted by atomic mass is 16.5. The van der Waals surface area contributed by atoms with Crippen molar-refractivity contribution in [1.29, 1.82) is 0 Å². The highest BCUT2D eigenvalue weighted by molar-refractivity contribution is 5.28. The molecule has 3 nitrogen and oxygen atoms in total. The van der Waals surface area contributed by atoms with Gasteiger partial charge in [-0.3, -0.25) is 0 Å². The van der Waals surface area contributed by atoms with Gasteiger partial charge in [-0.15, -0.1) is 0 Å². The van der Waals surface area contributed by atoms with Crippen LogP contribution in [0.4, 0.5) is 0 Å². The topological polar surface area (TPSA) is 34.1 Å². The van der Waals surface area contributed by atoms with Crippen molar-refractivity contribution in [2.45, 2.75) is 59.1 Å². The summed E-state index contributed by atoms with van der Waals surface area (Å²) in [6, 6.07) is 4.16. The first-order valence-electron chi connectivity index (χ1n) is 6.47. The van der Waals surface area contributed by atoms with Crippen molar-refractivity contribution in [1.82, 2.24) is 10.3 Å². The summed E-state index contributed by atoms with van der Waals surface area (Å²) in [6.45, 7) is 13.4. The minimum Gasteiger partial charge on any atom is -0.472 e. The zero-order valence-corrected chi connectivity index (χ0v) is 12.7. The van der Waals surface area contributed by atoms with Crippen molar-refractivity contribution < 1.29 is 4.74 Å². The van der Waals surface area contributed by atoms with Crippen LogP contribution in [0, 0.1) is 0 Å². The Labute approximate surface area is 111 Å². The summed E-state index contributed by atoms with van der Waals surface area (Å²) in [5, 5.41) is 3.17. The van der Waals surface area contributed by atoms with Crippen LogP contribution in [-0.2, 0) is 12.0 Å². The van der Waals surface area contributed by atoms with Gasteiger partial charge in [-0.1, -0.05) is 20.8 Å². The first kappa shape index (κ1) is 15.0. The molecular weight excluding hydrogens is 224 g/mol. The van der Waals surface area contributed by atoms with Gasteiger partial charge in [0.15, 0.2) is 0 Å². The zero-order chi connectivity index (χ0) is 14.0. The van der Waals surface area contributed by atoms with Crippen molar-refractivity contribution in [3.8, 4) is 5.88 Å². The third kappa shape index (κ3) is 4.65. The Morgan fingerprint density at radius 1 is 1.11 bits per heavy atom. The van der Waals surface area contributed by atoms with Crippen molar-refractivity contribution in [2.75, 3.05) is 7.05 Å². The summed E-state index contributed by atoms with van der Waals surface area (Å²) in [5.74, 6) is 0.708. The monoisotopic (exact) mass is 250 g/mol. The Morgan fingerprint density at radius 3 is 2.17 bits per heavy atom. The lowest BCUT2D eigenvalue weighted by atomic mass is 9.91.